The van der Waals surface area contributed by atoms with Crippen molar-refractivity contribution in [3.8, 4) is 16.9 Å². The second kappa shape index (κ2) is 10.4. The van der Waals surface area contributed by atoms with Crippen LogP contribution >= 0.6 is 7.92 Å². The molecule has 0 saturated heterocycles. The van der Waals surface area contributed by atoms with Crippen LogP contribution in [0.1, 0.15) is 5.56 Å². The Bertz CT molecular complexity index is 1320. The molecule has 34 heavy (non-hydrogen) atoms. The molecule has 0 fully saturated rings. The molecule has 0 heterocycles. The fourth-order valence-corrected chi connectivity index (χ4v) is 6.61. The van der Waals surface area contributed by atoms with Crippen molar-refractivity contribution >= 4 is 29.5 Å². The third-order valence-corrected chi connectivity index (χ3v) is 8.38. The Balaban J connectivity index is 1.48. The van der Waals surface area contributed by atoms with Gasteiger partial charge in [0.15, 0.2) is 0 Å². The van der Waals surface area contributed by atoms with E-state index in [0.717, 1.165) is 16.8 Å². The lowest BCUT2D eigenvalue weighted by atomic mass is 10.0. The number of benzene rings is 5. The molecule has 0 aromatic heterocycles. The number of hydrogen-bond donors (Lipinski definition) is 2. The van der Waals surface area contributed by atoms with Gasteiger partial charge in [-0.05, 0) is 52.7 Å². The number of anilines is 1. The minimum Gasteiger partial charge on any atom is -0.506 e. The first-order valence-electron chi connectivity index (χ1n) is 11.4. The van der Waals surface area contributed by atoms with Gasteiger partial charge < -0.3 is 10.4 Å². The van der Waals surface area contributed by atoms with Crippen molar-refractivity contribution in [2.75, 3.05) is 5.32 Å². The fourth-order valence-electron chi connectivity index (χ4n) is 4.14. The zero-order valence-corrected chi connectivity index (χ0v) is 19.7. The fraction of sp³-hybridized carbons (Fsp3) is 0.0323. The molecule has 0 bridgehead atoms. The maximum atomic E-state index is 10.5. The molecule has 0 aliphatic rings. The Kier molecular flexibility index (Phi) is 6.70. The summed E-state index contributed by atoms with van der Waals surface area (Å²) in [4.78, 5) is 0. The van der Waals surface area contributed by atoms with Crippen molar-refractivity contribution in [1.82, 2.24) is 0 Å². The summed E-state index contributed by atoms with van der Waals surface area (Å²) in [6.45, 7) is 0.625. The molecule has 0 amide bonds. The lowest BCUT2D eigenvalue weighted by Gasteiger charge is -2.23. The third kappa shape index (κ3) is 4.88. The minimum atomic E-state index is -0.700. The number of phenolic OH excluding ortho intramolecular Hbond substituents is 1. The van der Waals surface area contributed by atoms with E-state index in [4.69, 9.17) is 0 Å². The van der Waals surface area contributed by atoms with Gasteiger partial charge in [-0.25, -0.2) is 0 Å². The Morgan fingerprint density at radius 1 is 0.559 bits per heavy atom. The summed E-state index contributed by atoms with van der Waals surface area (Å²) >= 11 is 0. The maximum absolute atomic E-state index is 10.5. The lowest BCUT2D eigenvalue weighted by Crippen LogP contribution is -2.24. The Hall–Kier alpha value is -3.87. The molecule has 2 nitrogen and oxygen atoms in total. The summed E-state index contributed by atoms with van der Waals surface area (Å²) in [7, 11) is -0.700. The molecular weight excluding hydrogens is 433 g/mol. The van der Waals surface area contributed by atoms with Crippen LogP contribution in [-0.2, 0) is 6.54 Å². The highest BCUT2D eigenvalue weighted by Gasteiger charge is 2.19. The molecule has 5 aromatic carbocycles. The van der Waals surface area contributed by atoms with Crippen LogP contribution in [-0.4, -0.2) is 5.11 Å². The van der Waals surface area contributed by atoms with E-state index >= 15 is 0 Å². The number of phenols is 1. The van der Waals surface area contributed by atoms with Crippen LogP contribution in [0.5, 0.6) is 5.75 Å². The van der Waals surface area contributed by atoms with Crippen molar-refractivity contribution in [2.24, 2.45) is 0 Å². The van der Waals surface area contributed by atoms with Crippen LogP contribution < -0.4 is 21.2 Å². The van der Waals surface area contributed by atoms with E-state index in [1.165, 1.54) is 21.5 Å². The van der Waals surface area contributed by atoms with E-state index in [1.54, 1.807) is 6.07 Å². The standard InChI is InChI=1S/C31H26NOP/c33-30-21-20-25(24-12-4-1-5-13-24)22-29(30)32-23-26-14-10-11-19-31(26)34(27-15-6-2-7-16-27)28-17-8-3-9-18-28/h1-22,32-33H,23H2. The smallest absolute Gasteiger partial charge is 0.138 e. The molecule has 5 rings (SSSR count). The number of hydrogen-bond acceptors (Lipinski definition) is 2. The van der Waals surface area contributed by atoms with Crippen LogP contribution in [0.2, 0.25) is 0 Å². The Labute approximate surface area is 202 Å². The molecule has 3 heteroatoms. The average molecular weight is 460 g/mol. The summed E-state index contributed by atoms with van der Waals surface area (Å²) in [5.41, 5.74) is 4.17. The lowest BCUT2D eigenvalue weighted by molar-refractivity contribution is 0.477. The van der Waals surface area contributed by atoms with Gasteiger partial charge in [0.1, 0.15) is 5.75 Å². The third-order valence-electron chi connectivity index (χ3n) is 5.83. The van der Waals surface area contributed by atoms with Gasteiger partial charge in [-0.15, -0.1) is 0 Å². The highest BCUT2D eigenvalue weighted by molar-refractivity contribution is 7.79. The zero-order valence-electron chi connectivity index (χ0n) is 18.8. The summed E-state index contributed by atoms with van der Waals surface area (Å²) < 4.78 is 0. The van der Waals surface area contributed by atoms with E-state index in [-0.39, 0.29) is 5.75 Å². The second-order valence-corrected chi connectivity index (χ2v) is 10.3. The highest BCUT2D eigenvalue weighted by Crippen LogP contribution is 2.35. The average Bonchev–Trinajstić information content (AvgIpc) is 2.91. The van der Waals surface area contributed by atoms with Crippen molar-refractivity contribution < 1.29 is 5.11 Å². The van der Waals surface area contributed by atoms with E-state index in [1.807, 2.05) is 30.3 Å². The largest absolute Gasteiger partial charge is 0.506 e. The van der Waals surface area contributed by atoms with E-state index in [9.17, 15) is 5.11 Å². The molecule has 0 radical (unpaired) electrons. The maximum Gasteiger partial charge on any atom is 0.138 e. The molecule has 2 N–H and O–H groups in total. The Morgan fingerprint density at radius 2 is 1.12 bits per heavy atom. The quantitative estimate of drug-likeness (QED) is 0.217. The summed E-state index contributed by atoms with van der Waals surface area (Å²) in [5, 5.41) is 18.0. The molecule has 0 saturated carbocycles. The van der Waals surface area contributed by atoms with Crippen molar-refractivity contribution in [2.45, 2.75) is 6.54 Å². The van der Waals surface area contributed by atoms with Crippen molar-refractivity contribution in [3.05, 3.63) is 139 Å². The molecule has 166 valence electrons. The molecule has 0 spiro atoms. The Morgan fingerprint density at radius 3 is 1.76 bits per heavy atom. The summed E-state index contributed by atoms with van der Waals surface area (Å²) in [6, 6.07) is 46.1. The number of aromatic hydroxyl groups is 1. The van der Waals surface area contributed by atoms with Crippen molar-refractivity contribution in [3.63, 3.8) is 0 Å². The van der Waals surface area contributed by atoms with Gasteiger partial charge in [0.25, 0.3) is 0 Å². The monoisotopic (exact) mass is 459 g/mol. The second-order valence-electron chi connectivity index (χ2n) is 8.09. The van der Waals surface area contributed by atoms with E-state index in [2.05, 4.69) is 102 Å². The van der Waals surface area contributed by atoms with Gasteiger partial charge in [0.05, 0.1) is 5.69 Å². The van der Waals surface area contributed by atoms with Crippen LogP contribution in [0.25, 0.3) is 11.1 Å². The van der Waals surface area contributed by atoms with Gasteiger partial charge in [-0.3, -0.25) is 0 Å². The molecular formula is C31H26NOP. The molecule has 5 aromatic rings. The first kappa shape index (κ1) is 21.9. The number of nitrogens with one attached hydrogen (secondary N) is 1. The summed E-state index contributed by atoms with van der Waals surface area (Å²) in [5.74, 6) is 0.255. The van der Waals surface area contributed by atoms with Gasteiger partial charge in [-0.1, -0.05) is 121 Å². The van der Waals surface area contributed by atoms with Gasteiger partial charge >= 0.3 is 0 Å². The van der Waals surface area contributed by atoms with Gasteiger partial charge in [0, 0.05) is 6.54 Å². The SMILES string of the molecule is Oc1ccc(-c2ccccc2)cc1NCc1ccccc1P(c1ccccc1)c1ccccc1. The zero-order chi connectivity index (χ0) is 23.2. The van der Waals surface area contributed by atoms with Crippen molar-refractivity contribution in [1.29, 1.82) is 0 Å². The molecule has 0 aliphatic heterocycles. The molecule has 0 atom stereocenters. The van der Waals surface area contributed by atoms with Crippen LogP contribution in [0.15, 0.2) is 133 Å². The van der Waals surface area contributed by atoms with Crippen LogP contribution in [0.3, 0.4) is 0 Å². The first-order chi connectivity index (χ1) is 16.8. The van der Waals surface area contributed by atoms with E-state index in [0.29, 0.717) is 6.54 Å². The topological polar surface area (TPSA) is 32.3 Å². The molecule has 0 unspecified atom stereocenters. The highest BCUT2D eigenvalue weighted by atomic mass is 31.1. The van der Waals surface area contributed by atoms with Crippen LogP contribution in [0, 0.1) is 0 Å². The van der Waals surface area contributed by atoms with E-state index < -0.39 is 7.92 Å². The number of rotatable bonds is 7. The minimum absolute atomic E-state index is 0.255. The predicted octanol–water partition coefficient (Wildman–Crippen LogP) is 6.43. The van der Waals surface area contributed by atoms with Gasteiger partial charge in [0.2, 0.25) is 0 Å². The van der Waals surface area contributed by atoms with Gasteiger partial charge in [-0.2, -0.15) is 0 Å². The first-order valence-corrected chi connectivity index (χ1v) is 12.7. The molecule has 0 aliphatic carbocycles. The summed E-state index contributed by atoms with van der Waals surface area (Å²) in [6.07, 6.45) is 0. The van der Waals surface area contributed by atoms with Crippen LogP contribution in [0.4, 0.5) is 5.69 Å². The predicted molar refractivity (Wildman–Crippen MR) is 146 cm³/mol. The normalized spacial score (nSPS) is 10.9.